The fraction of sp³-hybridized carbons (Fsp3) is 0.636. The van der Waals surface area contributed by atoms with Crippen molar-refractivity contribution in [2.24, 2.45) is 0 Å². The zero-order valence-corrected chi connectivity index (χ0v) is 9.49. The van der Waals surface area contributed by atoms with E-state index in [0.29, 0.717) is 5.92 Å². The Bertz CT molecular complexity index is 284. The topological polar surface area (TPSA) is 29.0 Å². The lowest BCUT2D eigenvalue weighted by atomic mass is 10.2. The van der Waals surface area contributed by atoms with E-state index in [1.807, 2.05) is 12.3 Å². The summed E-state index contributed by atoms with van der Waals surface area (Å²) in [6.07, 6.45) is 1.85. The van der Waals surface area contributed by atoms with Crippen molar-refractivity contribution in [2.45, 2.75) is 33.2 Å². The van der Waals surface area contributed by atoms with E-state index >= 15 is 0 Å². The van der Waals surface area contributed by atoms with Gasteiger partial charge in [-0.25, -0.2) is 9.97 Å². The van der Waals surface area contributed by atoms with Gasteiger partial charge < -0.3 is 4.90 Å². The molecule has 1 rings (SSSR count). The van der Waals surface area contributed by atoms with E-state index in [0.717, 1.165) is 24.6 Å². The standard InChI is InChI=1S/C11H19N3/c1-5-14(4)8-10-6-7-12-11(13-10)9(2)3/h6-7,9H,5,8H2,1-4H3. The van der Waals surface area contributed by atoms with Gasteiger partial charge in [0.05, 0.1) is 5.69 Å². The zero-order valence-electron chi connectivity index (χ0n) is 9.49. The largest absolute Gasteiger partial charge is 0.301 e. The molecule has 3 nitrogen and oxygen atoms in total. The lowest BCUT2D eigenvalue weighted by molar-refractivity contribution is 0.340. The number of nitrogens with zero attached hydrogens (tertiary/aromatic N) is 3. The Balaban J connectivity index is 2.73. The third-order valence-electron chi connectivity index (χ3n) is 2.22. The Morgan fingerprint density at radius 1 is 1.43 bits per heavy atom. The molecule has 0 aliphatic carbocycles. The molecule has 0 amide bonds. The fourth-order valence-corrected chi connectivity index (χ4v) is 1.17. The fourth-order valence-electron chi connectivity index (χ4n) is 1.17. The van der Waals surface area contributed by atoms with E-state index in [1.165, 1.54) is 0 Å². The molecule has 3 heteroatoms. The Kier molecular flexibility index (Phi) is 4.01. The Labute approximate surface area is 86.2 Å². The molecule has 0 saturated heterocycles. The molecule has 0 aromatic carbocycles. The van der Waals surface area contributed by atoms with Gasteiger partial charge in [0.25, 0.3) is 0 Å². The highest BCUT2D eigenvalue weighted by atomic mass is 15.1. The van der Waals surface area contributed by atoms with Gasteiger partial charge in [-0.15, -0.1) is 0 Å². The summed E-state index contributed by atoms with van der Waals surface area (Å²) in [6.45, 7) is 8.32. The van der Waals surface area contributed by atoms with Gasteiger partial charge >= 0.3 is 0 Å². The third kappa shape index (κ3) is 3.07. The summed E-state index contributed by atoms with van der Waals surface area (Å²) in [5, 5.41) is 0. The van der Waals surface area contributed by atoms with Crippen molar-refractivity contribution >= 4 is 0 Å². The zero-order chi connectivity index (χ0) is 10.6. The van der Waals surface area contributed by atoms with E-state index in [9.17, 15) is 0 Å². The van der Waals surface area contributed by atoms with Crippen molar-refractivity contribution in [1.82, 2.24) is 14.9 Å². The highest BCUT2D eigenvalue weighted by Crippen LogP contribution is 2.08. The van der Waals surface area contributed by atoms with Crippen molar-refractivity contribution in [3.63, 3.8) is 0 Å². The van der Waals surface area contributed by atoms with Crippen LogP contribution in [-0.2, 0) is 6.54 Å². The molecule has 1 aromatic heterocycles. The van der Waals surface area contributed by atoms with Gasteiger partial charge in [-0.1, -0.05) is 20.8 Å². The normalized spacial score (nSPS) is 11.3. The van der Waals surface area contributed by atoms with Gasteiger partial charge in [0.2, 0.25) is 0 Å². The molecule has 1 heterocycles. The van der Waals surface area contributed by atoms with Crippen LogP contribution in [0.1, 0.15) is 38.2 Å². The molecule has 14 heavy (non-hydrogen) atoms. The molecule has 0 fully saturated rings. The average molecular weight is 193 g/mol. The average Bonchev–Trinajstić information content (AvgIpc) is 2.18. The summed E-state index contributed by atoms with van der Waals surface area (Å²) < 4.78 is 0. The van der Waals surface area contributed by atoms with Crippen LogP contribution < -0.4 is 0 Å². The van der Waals surface area contributed by atoms with Gasteiger partial charge in [0.1, 0.15) is 5.82 Å². The van der Waals surface area contributed by atoms with Gasteiger partial charge in [-0.05, 0) is 19.7 Å². The molecular formula is C11H19N3. The monoisotopic (exact) mass is 193 g/mol. The molecule has 0 aliphatic heterocycles. The van der Waals surface area contributed by atoms with Crippen LogP contribution in [-0.4, -0.2) is 28.5 Å². The van der Waals surface area contributed by atoms with Crippen LogP contribution in [0.3, 0.4) is 0 Å². The van der Waals surface area contributed by atoms with E-state index < -0.39 is 0 Å². The van der Waals surface area contributed by atoms with Gasteiger partial charge in [0, 0.05) is 18.7 Å². The van der Waals surface area contributed by atoms with Crippen LogP contribution in [0.25, 0.3) is 0 Å². The summed E-state index contributed by atoms with van der Waals surface area (Å²) in [6, 6.07) is 1.98. The summed E-state index contributed by atoms with van der Waals surface area (Å²) >= 11 is 0. The SMILES string of the molecule is CCN(C)Cc1ccnc(C(C)C)n1. The maximum atomic E-state index is 4.51. The molecule has 78 valence electrons. The van der Waals surface area contributed by atoms with Crippen LogP contribution in [0.15, 0.2) is 12.3 Å². The number of hydrogen-bond donors (Lipinski definition) is 0. The van der Waals surface area contributed by atoms with Crippen LogP contribution in [0.2, 0.25) is 0 Å². The molecule has 0 spiro atoms. The van der Waals surface area contributed by atoms with Gasteiger partial charge in [-0.3, -0.25) is 0 Å². The van der Waals surface area contributed by atoms with Crippen molar-refractivity contribution in [3.05, 3.63) is 23.8 Å². The predicted octanol–water partition coefficient (Wildman–Crippen LogP) is 2.05. The lowest BCUT2D eigenvalue weighted by Gasteiger charge is -2.13. The molecule has 0 bridgehead atoms. The van der Waals surface area contributed by atoms with Crippen LogP contribution in [0.5, 0.6) is 0 Å². The number of aromatic nitrogens is 2. The molecule has 0 atom stereocenters. The minimum absolute atomic E-state index is 0.405. The molecule has 1 aromatic rings. The minimum atomic E-state index is 0.405. The quantitative estimate of drug-likeness (QED) is 0.733. The van der Waals surface area contributed by atoms with Crippen molar-refractivity contribution in [3.8, 4) is 0 Å². The first-order valence-electron chi connectivity index (χ1n) is 5.13. The Hall–Kier alpha value is -0.960. The molecule has 0 N–H and O–H groups in total. The molecule has 0 saturated carbocycles. The molecule has 0 unspecified atom stereocenters. The van der Waals surface area contributed by atoms with Gasteiger partial charge in [0.15, 0.2) is 0 Å². The first kappa shape index (κ1) is 11.1. The van der Waals surface area contributed by atoms with Crippen molar-refractivity contribution in [1.29, 1.82) is 0 Å². The highest BCUT2D eigenvalue weighted by Gasteiger charge is 2.04. The predicted molar refractivity (Wildman–Crippen MR) is 58.1 cm³/mol. The van der Waals surface area contributed by atoms with E-state index in [4.69, 9.17) is 0 Å². The summed E-state index contributed by atoms with van der Waals surface area (Å²) in [5.41, 5.74) is 1.10. The first-order valence-corrected chi connectivity index (χ1v) is 5.13. The second kappa shape index (κ2) is 5.05. The lowest BCUT2D eigenvalue weighted by Crippen LogP contribution is -2.18. The molecule has 0 radical (unpaired) electrons. The van der Waals surface area contributed by atoms with E-state index in [-0.39, 0.29) is 0 Å². The smallest absolute Gasteiger partial charge is 0.131 e. The maximum absolute atomic E-state index is 4.51. The second-order valence-corrected chi connectivity index (χ2v) is 3.89. The van der Waals surface area contributed by atoms with Crippen molar-refractivity contribution in [2.75, 3.05) is 13.6 Å². The van der Waals surface area contributed by atoms with E-state index in [2.05, 4.69) is 42.7 Å². The van der Waals surface area contributed by atoms with E-state index in [1.54, 1.807) is 0 Å². The van der Waals surface area contributed by atoms with Gasteiger partial charge in [-0.2, -0.15) is 0 Å². The van der Waals surface area contributed by atoms with Crippen LogP contribution in [0.4, 0.5) is 0 Å². The number of hydrogen-bond acceptors (Lipinski definition) is 3. The molecular weight excluding hydrogens is 174 g/mol. The number of rotatable bonds is 4. The van der Waals surface area contributed by atoms with Crippen LogP contribution >= 0.6 is 0 Å². The highest BCUT2D eigenvalue weighted by molar-refractivity contribution is 5.04. The summed E-state index contributed by atoms with van der Waals surface area (Å²) in [4.78, 5) is 11.0. The third-order valence-corrected chi connectivity index (χ3v) is 2.22. The van der Waals surface area contributed by atoms with Crippen LogP contribution in [0, 0.1) is 0 Å². The summed E-state index contributed by atoms with van der Waals surface area (Å²) in [5.74, 6) is 1.34. The molecule has 0 aliphatic rings. The van der Waals surface area contributed by atoms with Crippen molar-refractivity contribution < 1.29 is 0 Å². The maximum Gasteiger partial charge on any atom is 0.131 e. The first-order chi connectivity index (χ1) is 6.63. The minimum Gasteiger partial charge on any atom is -0.301 e. The summed E-state index contributed by atoms with van der Waals surface area (Å²) in [7, 11) is 2.09. The Morgan fingerprint density at radius 2 is 2.14 bits per heavy atom. The Morgan fingerprint density at radius 3 is 2.71 bits per heavy atom. The second-order valence-electron chi connectivity index (χ2n) is 3.89.